The van der Waals surface area contributed by atoms with Gasteiger partial charge >= 0.3 is 6.03 Å². The maximum atomic E-state index is 12.6. The summed E-state index contributed by atoms with van der Waals surface area (Å²) in [7, 11) is 0. The van der Waals surface area contributed by atoms with Crippen molar-refractivity contribution >= 4 is 17.1 Å². The molecule has 2 aromatic rings. The quantitative estimate of drug-likeness (QED) is 0.890. The van der Waals surface area contributed by atoms with E-state index >= 15 is 0 Å². The topological polar surface area (TPSA) is 70.2 Å². The van der Waals surface area contributed by atoms with Crippen molar-refractivity contribution in [2.24, 2.45) is 0 Å². The Hall–Kier alpha value is -2.08. The van der Waals surface area contributed by atoms with Crippen LogP contribution in [0.1, 0.15) is 37.4 Å². The molecule has 3 heterocycles. The molecule has 1 aromatic carbocycles. The minimum Gasteiger partial charge on any atom is -0.381 e. The Morgan fingerprint density at radius 2 is 2.08 bits per heavy atom. The predicted molar refractivity (Wildman–Crippen MR) is 92.0 cm³/mol. The van der Waals surface area contributed by atoms with Crippen molar-refractivity contribution in [3.05, 3.63) is 30.1 Å². The van der Waals surface area contributed by atoms with Crippen LogP contribution in [0.5, 0.6) is 0 Å². The third-order valence-electron chi connectivity index (χ3n) is 5.05. The van der Waals surface area contributed by atoms with E-state index in [1.165, 1.54) is 0 Å². The number of ether oxygens (including phenoxy) is 1. The largest absolute Gasteiger partial charge is 0.381 e. The molecule has 24 heavy (non-hydrogen) atoms. The summed E-state index contributed by atoms with van der Waals surface area (Å²) >= 11 is 0. The molecule has 2 amide bonds. The number of aromatic amines is 1. The first-order chi connectivity index (χ1) is 11.8. The molecule has 6 heteroatoms. The van der Waals surface area contributed by atoms with Gasteiger partial charge < -0.3 is 19.9 Å². The van der Waals surface area contributed by atoms with Crippen molar-refractivity contribution in [1.29, 1.82) is 0 Å². The average molecular weight is 328 g/mol. The van der Waals surface area contributed by atoms with Gasteiger partial charge in [0.2, 0.25) is 0 Å². The number of piperidine rings is 1. The normalized spacial score (nSPS) is 22.7. The molecule has 0 unspecified atom stereocenters. The van der Waals surface area contributed by atoms with Crippen LogP contribution in [-0.2, 0) is 4.74 Å². The minimum atomic E-state index is 0.0581. The van der Waals surface area contributed by atoms with Crippen molar-refractivity contribution in [2.75, 3.05) is 26.3 Å². The summed E-state index contributed by atoms with van der Waals surface area (Å²) in [5, 5.41) is 3.16. The number of amides is 2. The lowest BCUT2D eigenvalue weighted by Crippen LogP contribution is -2.49. The summed E-state index contributed by atoms with van der Waals surface area (Å²) in [5.41, 5.74) is 2.06. The average Bonchev–Trinajstić information content (AvgIpc) is 3.07. The molecule has 0 bridgehead atoms. The molecule has 1 aromatic heterocycles. The SMILES string of the molecule is O=C(NC1CCOCC1)N1CCC[C@@H](c2nc3ccccc3[nH]2)C1. The van der Waals surface area contributed by atoms with Gasteiger partial charge in [0.15, 0.2) is 0 Å². The highest BCUT2D eigenvalue weighted by Gasteiger charge is 2.28. The van der Waals surface area contributed by atoms with E-state index in [-0.39, 0.29) is 18.0 Å². The summed E-state index contributed by atoms with van der Waals surface area (Å²) in [6.45, 7) is 3.04. The third-order valence-corrected chi connectivity index (χ3v) is 5.05. The summed E-state index contributed by atoms with van der Waals surface area (Å²) in [5.74, 6) is 1.28. The van der Waals surface area contributed by atoms with E-state index in [2.05, 4.69) is 10.3 Å². The number of carbonyl (C=O) groups excluding carboxylic acids is 1. The zero-order valence-electron chi connectivity index (χ0n) is 13.8. The summed E-state index contributed by atoms with van der Waals surface area (Å²) in [4.78, 5) is 22.6. The maximum absolute atomic E-state index is 12.6. The van der Waals surface area contributed by atoms with Gasteiger partial charge in [-0.15, -0.1) is 0 Å². The Morgan fingerprint density at radius 1 is 1.25 bits per heavy atom. The number of hydrogen-bond acceptors (Lipinski definition) is 3. The highest BCUT2D eigenvalue weighted by atomic mass is 16.5. The maximum Gasteiger partial charge on any atom is 0.317 e. The van der Waals surface area contributed by atoms with E-state index in [1.807, 2.05) is 29.2 Å². The van der Waals surface area contributed by atoms with Gasteiger partial charge in [0.1, 0.15) is 5.82 Å². The molecular formula is C18H24N4O2. The predicted octanol–water partition coefficient (Wildman–Crippen LogP) is 2.63. The molecule has 0 spiro atoms. The Balaban J connectivity index is 1.42. The third kappa shape index (κ3) is 3.24. The van der Waals surface area contributed by atoms with Crippen LogP contribution >= 0.6 is 0 Å². The first-order valence-electron chi connectivity index (χ1n) is 8.87. The van der Waals surface area contributed by atoms with Gasteiger partial charge in [-0.3, -0.25) is 0 Å². The molecule has 0 radical (unpaired) electrons. The fourth-order valence-electron chi connectivity index (χ4n) is 3.66. The second-order valence-electron chi connectivity index (χ2n) is 6.76. The monoisotopic (exact) mass is 328 g/mol. The molecule has 6 nitrogen and oxygen atoms in total. The van der Waals surface area contributed by atoms with Crippen LogP contribution in [0, 0.1) is 0 Å². The smallest absolute Gasteiger partial charge is 0.317 e. The van der Waals surface area contributed by atoms with E-state index in [9.17, 15) is 4.79 Å². The van der Waals surface area contributed by atoms with Gasteiger partial charge in [0.05, 0.1) is 11.0 Å². The Bertz CT molecular complexity index is 675. The molecular weight excluding hydrogens is 304 g/mol. The van der Waals surface area contributed by atoms with Gasteiger partial charge in [-0.2, -0.15) is 0 Å². The second-order valence-corrected chi connectivity index (χ2v) is 6.76. The van der Waals surface area contributed by atoms with E-state index < -0.39 is 0 Å². The van der Waals surface area contributed by atoms with Crippen LogP contribution in [0.3, 0.4) is 0 Å². The van der Waals surface area contributed by atoms with Crippen LogP contribution < -0.4 is 5.32 Å². The number of aromatic nitrogens is 2. The number of benzene rings is 1. The number of likely N-dealkylation sites (tertiary alicyclic amines) is 1. The fraction of sp³-hybridized carbons (Fsp3) is 0.556. The van der Waals surface area contributed by atoms with Crippen molar-refractivity contribution < 1.29 is 9.53 Å². The van der Waals surface area contributed by atoms with E-state index in [0.29, 0.717) is 0 Å². The molecule has 1 atom stereocenters. The number of nitrogens with one attached hydrogen (secondary N) is 2. The standard InChI is InChI=1S/C18H24N4O2/c23-18(19-14-7-10-24-11-8-14)22-9-3-4-13(12-22)17-20-15-5-1-2-6-16(15)21-17/h1-2,5-6,13-14H,3-4,7-12H2,(H,19,23)(H,20,21)/t13-/m1/s1. The number of fused-ring (bicyclic) bond motifs is 1. The lowest BCUT2D eigenvalue weighted by atomic mass is 9.97. The van der Waals surface area contributed by atoms with E-state index in [1.54, 1.807) is 0 Å². The number of carbonyl (C=O) groups is 1. The van der Waals surface area contributed by atoms with Crippen LogP contribution in [-0.4, -0.2) is 53.2 Å². The van der Waals surface area contributed by atoms with Gasteiger partial charge in [-0.25, -0.2) is 9.78 Å². The van der Waals surface area contributed by atoms with Crippen molar-refractivity contribution in [3.63, 3.8) is 0 Å². The molecule has 0 saturated carbocycles. The van der Waals surface area contributed by atoms with Crippen LogP contribution in [0.15, 0.2) is 24.3 Å². The number of imidazole rings is 1. The first-order valence-corrected chi connectivity index (χ1v) is 8.87. The lowest BCUT2D eigenvalue weighted by Gasteiger charge is -2.34. The number of nitrogens with zero attached hydrogens (tertiary/aromatic N) is 2. The Kier molecular flexibility index (Phi) is 4.38. The number of para-hydroxylation sites is 2. The summed E-state index contributed by atoms with van der Waals surface area (Å²) in [6, 6.07) is 8.39. The van der Waals surface area contributed by atoms with Crippen molar-refractivity contribution in [2.45, 2.75) is 37.6 Å². The highest BCUT2D eigenvalue weighted by Crippen LogP contribution is 2.26. The molecule has 2 aliphatic rings. The Morgan fingerprint density at radius 3 is 2.92 bits per heavy atom. The minimum absolute atomic E-state index is 0.0581. The number of rotatable bonds is 2. The molecule has 2 aliphatic heterocycles. The second kappa shape index (κ2) is 6.81. The van der Waals surface area contributed by atoms with Crippen molar-refractivity contribution in [1.82, 2.24) is 20.2 Å². The van der Waals surface area contributed by atoms with Crippen LogP contribution in [0.25, 0.3) is 11.0 Å². The molecule has 128 valence electrons. The van der Waals surface area contributed by atoms with Crippen LogP contribution in [0.2, 0.25) is 0 Å². The van der Waals surface area contributed by atoms with Gasteiger partial charge in [-0.1, -0.05) is 12.1 Å². The fourth-order valence-corrected chi connectivity index (χ4v) is 3.66. The molecule has 4 rings (SSSR count). The highest BCUT2D eigenvalue weighted by molar-refractivity contribution is 5.76. The molecule has 2 saturated heterocycles. The Labute approximate surface area is 141 Å². The number of H-pyrrole nitrogens is 1. The lowest BCUT2D eigenvalue weighted by molar-refractivity contribution is 0.0773. The molecule has 2 fully saturated rings. The summed E-state index contributed by atoms with van der Waals surface area (Å²) in [6.07, 6.45) is 3.91. The number of hydrogen-bond donors (Lipinski definition) is 2. The van der Waals surface area contributed by atoms with Gasteiger partial charge in [0.25, 0.3) is 0 Å². The zero-order valence-corrected chi connectivity index (χ0v) is 13.8. The van der Waals surface area contributed by atoms with E-state index in [0.717, 1.165) is 68.8 Å². The van der Waals surface area contributed by atoms with Gasteiger partial charge in [-0.05, 0) is 37.8 Å². The van der Waals surface area contributed by atoms with Crippen molar-refractivity contribution in [3.8, 4) is 0 Å². The molecule has 0 aliphatic carbocycles. The first kappa shape index (κ1) is 15.4. The number of urea groups is 1. The van der Waals surface area contributed by atoms with E-state index in [4.69, 9.17) is 9.72 Å². The van der Waals surface area contributed by atoms with Crippen LogP contribution in [0.4, 0.5) is 4.79 Å². The molecule has 2 N–H and O–H groups in total. The zero-order chi connectivity index (χ0) is 16.4. The van der Waals surface area contributed by atoms with Gasteiger partial charge in [0, 0.05) is 38.3 Å². The summed E-state index contributed by atoms with van der Waals surface area (Å²) < 4.78 is 5.35.